The molecule has 2 heterocycles. The van der Waals surface area contributed by atoms with Gasteiger partial charge < -0.3 is 33.5 Å². The molecule has 0 spiro atoms. The van der Waals surface area contributed by atoms with E-state index in [9.17, 15) is 5.11 Å². The fraction of sp³-hybridized carbons (Fsp3) is 0.400. The zero-order valence-electron chi connectivity index (χ0n) is 28.2. The number of methoxy groups -OCH3 is 1. The van der Waals surface area contributed by atoms with Crippen LogP contribution in [0.5, 0.6) is 17.2 Å². The zero-order valence-corrected chi connectivity index (χ0v) is 28.2. The van der Waals surface area contributed by atoms with Crippen molar-refractivity contribution in [3.8, 4) is 17.2 Å². The van der Waals surface area contributed by atoms with Crippen LogP contribution in [-0.2, 0) is 25.0 Å². The van der Waals surface area contributed by atoms with Crippen molar-refractivity contribution in [3.63, 3.8) is 0 Å². The number of ether oxygens (including phenoxy) is 6. The molecule has 1 N–H and O–H groups in total. The van der Waals surface area contributed by atoms with E-state index in [1.165, 1.54) is 22.3 Å². The van der Waals surface area contributed by atoms with Crippen LogP contribution in [0.3, 0.4) is 0 Å². The van der Waals surface area contributed by atoms with Crippen LogP contribution in [0.2, 0.25) is 0 Å². The van der Waals surface area contributed by atoms with E-state index in [4.69, 9.17) is 28.4 Å². The highest BCUT2D eigenvalue weighted by Crippen LogP contribution is 2.34. The van der Waals surface area contributed by atoms with Crippen molar-refractivity contribution in [1.29, 1.82) is 0 Å². The third kappa shape index (κ3) is 10.1. The predicted octanol–water partition coefficient (Wildman–Crippen LogP) is 6.97. The van der Waals surface area contributed by atoms with Crippen LogP contribution in [0.1, 0.15) is 49.9 Å². The lowest BCUT2D eigenvalue weighted by molar-refractivity contribution is 0.0325. The van der Waals surface area contributed by atoms with Gasteiger partial charge in [-0.2, -0.15) is 0 Å². The normalized spacial score (nSPS) is 17.6. The quantitative estimate of drug-likeness (QED) is 0.141. The Morgan fingerprint density at radius 2 is 0.936 bits per heavy atom. The summed E-state index contributed by atoms with van der Waals surface area (Å²) in [6.07, 6.45) is -0.0637. The minimum Gasteiger partial charge on any atom is -0.491 e. The zero-order chi connectivity index (χ0) is 33.3. The summed E-state index contributed by atoms with van der Waals surface area (Å²) in [6.45, 7) is 12.3. The number of hydrogen-bond donors (Lipinski definition) is 1. The van der Waals surface area contributed by atoms with Crippen molar-refractivity contribution in [2.75, 3.05) is 46.8 Å². The average Bonchev–Trinajstić information content (AvgIpc) is 4.03. The second-order valence-corrected chi connectivity index (χ2v) is 13.1. The fourth-order valence-corrected chi connectivity index (χ4v) is 5.23. The highest BCUT2D eigenvalue weighted by atomic mass is 16.6. The average molecular weight is 641 g/mol. The van der Waals surface area contributed by atoms with Gasteiger partial charge in [-0.25, -0.2) is 0 Å². The van der Waals surface area contributed by atoms with E-state index in [2.05, 4.69) is 94.4 Å². The molecular formula is C40H48O7. The van der Waals surface area contributed by atoms with Gasteiger partial charge in [-0.15, -0.1) is 0 Å². The SMILES string of the molecule is CC(C)(c1ccccc1)c1ccc(OCC2CO2)cc1.COCC(O)COc1ccc(C(C)(C)c2ccc(OCC3CO3)cc2)cc1. The molecule has 6 rings (SSSR count). The van der Waals surface area contributed by atoms with Gasteiger partial charge >= 0.3 is 0 Å². The summed E-state index contributed by atoms with van der Waals surface area (Å²) < 4.78 is 32.2. The summed E-state index contributed by atoms with van der Waals surface area (Å²) >= 11 is 0. The summed E-state index contributed by atoms with van der Waals surface area (Å²) in [5.74, 6) is 2.51. The monoisotopic (exact) mass is 640 g/mol. The first-order valence-electron chi connectivity index (χ1n) is 16.3. The molecule has 4 aromatic carbocycles. The molecule has 0 aromatic heterocycles. The van der Waals surface area contributed by atoms with Crippen LogP contribution in [0, 0.1) is 0 Å². The van der Waals surface area contributed by atoms with Crippen LogP contribution in [0.4, 0.5) is 0 Å². The summed E-state index contributed by atoms with van der Waals surface area (Å²) in [5.41, 5.74) is 4.86. The standard InChI is InChI=1S/C22H28O5.C18H20O2/c1-22(2,17-6-10-20(11-7-17)26-14-21-15-27-21)16-4-8-19(9-5-16)25-13-18(23)12-24-3;1-18(2,14-6-4-3-5-7-14)15-8-10-16(11-9-15)19-12-17-13-20-17/h4-11,18,21,23H,12-15H2,1-3H3;3-11,17H,12-13H2,1-2H3. The minimum atomic E-state index is -0.627. The molecule has 0 amide bonds. The van der Waals surface area contributed by atoms with Gasteiger partial charge in [-0.3, -0.25) is 0 Å². The van der Waals surface area contributed by atoms with Gasteiger partial charge in [-0.05, 0) is 58.7 Å². The molecule has 0 aliphatic carbocycles. The Bertz CT molecular complexity index is 1490. The second kappa shape index (κ2) is 15.8. The predicted molar refractivity (Wildman–Crippen MR) is 184 cm³/mol. The lowest BCUT2D eigenvalue weighted by Crippen LogP contribution is -2.22. The van der Waals surface area contributed by atoms with Gasteiger partial charge in [0.15, 0.2) is 0 Å². The van der Waals surface area contributed by atoms with Gasteiger partial charge in [0.1, 0.15) is 55.4 Å². The molecule has 0 radical (unpaired) electrons. The number of benzene rings is 4. The third-order valence-corrected chi connectivity index (χ3v) is 8.70. The molecule has 3 atom stereocenters. The molecule has 0 bridgehead atoms. The molecule has 2 fully saturated rings. The molecule has 2 aliphatic heterocycles. The van der Waals surface area contributed by atoms with Gasteiger partial charge in [0.2, 0.25) is 0 Å². The maximum absolute atomic E-state index is 9.67. The molecule has 0 saturated carbocycles. The van der Waals surface area contributed by atoms with E-state index in [1.807, 2.05) is 36.4 Å². The van der Waals surface area contributed by atoms with Crippen molar-refractivity contribution in [2.24, 2.45) is 0 Å². The molecule has 2 saturated heterocycles. The number of aliphatic hydroxyl groups excluding tert-OH is 1. The minimum absolute atomic E-state index is 0.000602. The summed E-state index contributed by atoms with van der Waals surface area (Å²) in [4.78, 5) is 0. The van der Waals surface area contributed by atoms with Crippen LogP contribution in [0.25, 0.3) is 0 Å². The van der Waals surface area contributed by atoms with E-state index >= 15 is 0 Å². The van der Waals surface area contributed by atoms with Crippen molar-refractivity contribution >= 4 is 0 Å². The lowest BCUT2D eigenvalue weighted by atomic mass is 9.78. The molecule has 7 heteroatoms. The molecule has 250 valence electrons. The van der Waals surface area contributed by atoms with Crippen molar-refractivity contribution in [1.82, 2.24) is 0 Å². The van der Waals surface area contributed by atoms with Crippen LogP contribution >= 0.6 is 0 Å². The molecule has 47 heavy (non-hydrogen) atoms. The molecule has 4 aromatic rings. The topological polar surface area (TPSA) is 82.2 Å². The van der Waals surface area contributed by atoms with Crippen LogP contribution < -0.4 is 14.2 Å². The summed E-state index contributed by atoms with van der Waals surface area (Å²) in [5, 5.41) is 9.67. The Morgan fingerprint density at radius 1 is 0.574 bits per heavy atom. The fourth-order valence-electron chi connectivity index (χ4n) is 5.23. The first kappa shape index (κ1) is 34.5. The van der Waals surface area contributed by atoms with Gasteiger partial charge in [0.25, 0.3) is 0 Å². The first-order valence-corrected chi connectivity index (χ1v) is 16.3. The Hall–Kier alpha value is -3.88. The van der Waals surface area contributed by atoms with Crippen molar-refractivity contribution in [3.05, 3.63) is 125 Å². The lowest BCUT2D eigenvalue weighted by Gasteiger charge is -2.26. The Morgan fingerprint density at radius 3 is 1.30 bits per heavy atom. The Kier molecular flexibility index (Phi) is 11.6. The van der Waals surface area contributed by atoms with Crippen LogP contribution in [-0.4, -0.2) is 70.2 Å². The first-order chi connectivity index (χ1) is 22.6. The van der Waals surface area contributed by atoms with Gasteiger partial charge in [-0.1, -0.05) is 94.4 Å². The molecule has 7 nitrogen and oxygen atoms in total. The number of aliphatic hydroxyl groups is 1. The number of rotatable bonds is 15. The van der Waals surface area contributed by atoms with Gasteiger partial charge in [0, 0.05) is 17.9 Å². The van der Waals surface area contributed by atoms with E-state index < -0.39 is 6.10 Å². The van der Waals surface area contributed by atoms with E-state index in [0.29, 0.717) is 19.3 Å². The molecule has 3 unspecified atom stereocenters. The van der Waals surface area contributed by atoms with E-state index in [0.717, 1.165) is 30.5 Å². The Balaban J connectivity index is 0.000000193. The van der Waals surface area contributed by atoms with Crippen molar-refractivity contribution < 1.29 is 33.5 Å². The van der Waals surface area contributed by atoms with Crippen LogP contribution in [0.15, 0.2) is 103 Å². The maximum atomic E-state index is 9.67. The largest absolute Gasteiger partial charge is 0.491 e. The maximum Gasteiger partial charge on any atom is 0.119 e. The van der Waals surface area contributed by atoms with E-state index in [1.54, 1.807) is 7.11 Å². The summed E-state index contributed by atoms with van der Waals surface area (Å²) in [7, 11) is 1.56. The van der Waals surface area contributed by atoms with E-state index in [-0.39, 0.29) is 30.1 Å². The second-order valence-electron chi connectivity index (χ2n) is 13.1. The summed E-state index contributed by atoms with van der Waals surface area (Å²) in [6, 6.07) is 35.2. The highest BCUT2D eigenvalue weighted by Gasteiger charge is 2.26. The Labute approximate surface area is 279 Å². The number of epoxide rings is 2. The molecular weight excluding hydrogens is 592 g/mol. The number of hydrogen-bond acceptors (Lipinski definition) is 7. The smallest absolute Gasteiger partial charge is 0.119 e. The molecule has 2 aliphatic rings. The highest BCUT2D eigenvalue weighted by molar-refractivity contribution is 5.42. The van der Waals surface area contributed by atoms with Crippen molar-refractivity contribution in [2.45, 2.75) is 56.8 Å². The van der Waals surface area contributed by atoms with Gasteiger partial charge in [0.05, 0.1) is 19.8 Å². The third-order valence-electron chi connectivity index (χ3n) is 8.70.